The van der Waals surface area contributed by atoms with E-state index in [0.717, 1.165) is 17.9 Å². The Kier molecular flexibility index (Phi) is 6.22. The van der Waals surface area contributed by atoms with Crippen molar-refractivity contribution in [3.05, 3.63) is 114 Å². The number of thioether (sulfide) groups is 1. The van der Waals surface area contributed by atoms with Crippen LogP contribution in [0.3, 0.4) is 0 Å². The third-order valence-corrected chi connectivity index (χ3v) is 7.08. The van der Waals surface area contributed by atoms with Gasteiger partial charge in [-0.15, -0.1) is 0 Å². The fourth-order valence-corrected chi connectivity index (χ4v) is 5.77. The predicted molar refractivity (Wildman–Crippen MR) is 146 cm³/mol. The lowest BCUT2D eigenvalue weighted by molar-refractivity contribution is 0.975. The van der Waals surface area contributed by atoms with Gasteiger partial charge in [-0.2, -0.15) is 0 Å². The smallest absolute Gasteiger partial charge is 0.123 e. The highest BCUT2D eigenvalue weighted by molar-refractivity contribution is 8.15. The number of rotatable bonds is 5. The summed E-state index contributed by atoms with van der Waals surface area (Å²) in [6, 6.07) is 32.5. The van der Waals surface area contributed by atoms with Crippen molar-refractivity contribution in [2.75, 3.05) is 0 Å². The number of hydrogen-bond acceptors (Lipinski definition) is 2. The van der Waals surface area contributed by atoms with Gasteiger partial charge >= 0.3 is 0 Å². The van der Waals surface area contributed by atoms with E-state index < -0.39 is 0 Å². The SMILES string of the molecule is C=C(Cl)/N=C1/Sc2ccccc2/C1=C(/CCC)c1ccc(-c2cccc3ccccc23)cc1. The number of allylic oxidation sites excluding steroid dienone is 1. The van der Waals surface area contributed by atoms with Gasteiger partial charge in [0.15, 0.2) is 0 Å². The number of benzene rings is 4. The molecule has 0 spiro atoms. The monoisotopic (exact) mass is 465 g/mol. The van der Waals surface area contributed by atoms with E-state index in [1.165, 1.54) is 49.1 Å². The minimum absolute atomic E-state index is 0.310. The van der Waals surface area contributed by atoms with Crippen molar-refractivity contribution in [1.29, 1.82) is 0 Å². The molecule has 0 fully saturated rings. The van der Waals surface area contributed by atoms with Crippen LogP contribution in [0.4, 0.5) is 0 Å². The second kappa shape index (κ2) is 9.43. The van der Waals surface area contributed by atoms with Crippen molar-refractivity contribution in [2.24, 2.45) is 4.99 Å². The van der Waals surface area contributed by atoms with E-state index in [2.05, 4.69) is 109 Å². The second-order valence-electron chi connectivity index (χ2n) is 8.10. The molecule has 5 rings (SSSR count). The van der Waals surface area contributed by atoms with Gasteiger partial charge in [-0.3, -0.25) is 0 Å². The maximum atomic E-state index is 6.11. The molecule has 0 atom stereocenters. The van der Waals surface area contributed by atoms with Crippen LogP contribution in [-0.4, -0.2) is 5.04 Å². The molecule has 4 aromatic carbocycles. The first-order valence-corrected chi connectivity index (χ1v) is 12.4. The zero-order valence-corrected chi connectivity index (χ0v) is 20.1. The van der Waals surface area contributed by atoms with E-state index in [0.29, 0.717) is 5.16 Å². The van der Waals surface area contributed by atoms with E-state index in [9.17, 15) is 0 Å². The van der Waals surface area contributed by atoms with Crippen molar-refractivity contribution < 1.29 is 0 Å². The highest BCUT2D eigenvalue weighted by atomic mass is 35.5. The number of aliphatic imine (C=N–C) groups is 1. The number of halogens is 1. The number of nitrogens with zero attached hydrogens (tertiary/aromatic N) is 1. The Morgan fingerprint density at radius 2 is 1.55 bits per heavy atom. The molecule has 0 bridgehead atoms. The van der Waals surface area contributed by atoms with Crippen LogP contribution in [0.15, 0.2) is 113 Å². The molecular formula is C30H24ClNS. The van der Waals surface area contributed by atoms with Crippen LogP contribution in [0.1, 0.15) is 30.9 Å². The average molecular weight is 466 g/mol. The third-order valence-electron chi connectivity index (χ3n) is 5.94. The normalized spacial score (nSPS) is 15.6. The molecule has 0 aromatic heterocycles. The van der Waals surface area contributed by atoms with Gasteiger partial charge in [-0.1, -0.05) is 128 Å². The summed E-state index contributed by atoms with van der Waals surface area (Å²) in [5.41, 5.74) is 7.41. The molecule has 3 heteroatoms. The van der Waals surface area contributed by atoms with Gasteiger partial charge in [-0.25, -0.2) is 4.99 Å². The van der Waals surface area contributed by atoms with Crippen molar-refractivity contribution in [2.45, 2.75) is 24.7 Å². The maximum absolute atomic E-state index is 6.11. The fraction of sp³-hybridized carbons (Fsp3) is 0.100. The molecular weight excluding hydrogens is 442 g/mol. The summed E-state index contributed by atoms with van der Waals surface area (Å²) in [6.45, 7) is 6.02. The quantitative estimate of drug-likeness (QED) is 0.267. The summed E-state index contributed by atoms with van der Waals surface area (Å²) in [4.78, 5) is 5.81. The van der Waals surface area contributed by atoms with Gasteiger partial charge in [0.2, 0.25) is 0 Å². The standard InChI is InChI=1S/C30H24ClNS/c1-3-9-26(29-27-13-6-7-15-28(27)33-30(29)32-20(2)31)23-18-16-22(17-19-23)25-14-8-11-21-10-4-5-12-24(21)25/h4-8,10-19H,2-3,9H2,1H3/b29-26+,32-30+. The average Bonchev–Trinajstić information content (AvgIpc) is 3.19. The summed E-state index contributed by atoms with van der Waals surface area (Å²) in [6.07, 6.45) is 2.01. The predicted octanol–water partition coefficient (Wildman–Crippen LogP) is 9.43. The lowest BCUT2D eigenvalue weighted by atomic mass is 9.90. The number of hydrogen-bond donors (Lipinski definition) is 0. The van der Waals surface area contributed by atoms with Crippen LogP contribution in [0.5, 0.6) is 0 Å². The van der Waals surface area contributed by atoms with E-state index in [1.54, 1.807) is 11.8 Å². The van der Waals surface area contributed by atoms with Gasteiger partial charge in [0, 0.05) is 10.5 Å². The summed E-state index contributed by atoms with van der Waals surface area (Å²) >= 11 is 7.78. The lowest BCUT2D eigenvalue weighted by Gasteiger charge is -2.14. The van der Waals surface area contributed by atoms with Gasteiger partial charge in [0.25, 0.3) is 0 Å². The zero-order chi connectivity index (χ0) is 22.8. The molecule has 1 aliphatic rings. The van der Waals surface area contributed by atoms with Crippen LogP contribution < -0.4 is 0 Å². The molecule has 0 N–H and O–H groups in total. The second-order valence-corrected chi connectivity index (χ2v) is 9.57. The van der Waals surface area contributed by atoms with Crippen LogP contribution in [-0.2, 0) is 0 Å². The van der Waals surface area contributed by atoms with E-state index in [4.69, 9.17) is 11.6 Å². The van der Waals surface area contributed by atoms with E-state index >= 15 is 0 Å². The van der Waals surface area contributed by atoms with Gasteiger partial charge < -0.3 is 0 Å². The maximum Gasteiger partial charge on any atom is 0.123 e. The Morgan fingerprint density at radius 1 is 0.848 bits per heavy atom. The molecule has 33 heavy (non-hydrogen) atoms. The minimum atomic E-state index is 0.310. The molecule has 162 valence electrons. The van der Waals surface area contributed by atoms with Crippen LogP contribution in [0.2, 0.25) is 0 Å². The van der Waals surface area contributed by atoms with Gasteiger partial charge in [-0.05, 0) is 51.1 Å². The highest BCUT2D eigenvalue weighted by Crippen LogP contribution is 2.46. The molecule has 0 saturated carbocycles. The highest BCUT2D eigenvalue weighted by Gasteiger charge is 2.27. The molecule has 4 aromatic rings. The van der Waals surface area contributed by atoms with Crippen LogP contribution in [0.25, 0.3) is 33.0 Å². The first-order valence-electron chi connectivity index (χ1n) is 11.2. The fourth-order valence-electron chi connectivity index (χ4n) is 4.50. The van der Waals surface area contributed by atoms with E-state index in [1.807, 2.05) is 0 Å². The molecule has 0 unspecified atom stereocenters. The van der Waals surface area contributed by atoms with Crippen molar-refractivity contribution in [3.63, 3.8) is 0 Å². The third kappa shape index (κ3) is 4.29. The summed E-state index contributed by atoms with van der Waals surface area (Å²) in [7, 11) is 0. The Morgan fingerprint density at radius 3 is 2.33 bits per heavy atom. The molecule has 1 nitrogen and oxygen atoms in total. The number of fused-ring (bicyclic) bond motifs is 2. The molecule has 0 aliphatic carbocycles. The topological polar surface area (TPSA) is 12.4 Å². The Hall–Kier alpha value is -3.07. The largest absolute Gasteiger partial charge is 0.229 e. The van der Waals surface area contributed by atoms with Crippen LogP contribution in [0, 0.1) is 0 Å². The van der Waals surface area contributed by atoms with Gasteiger partial charge in [0.05, 0.1) is 0 Å². The summed E-state index contributed by atoms with van der Waals surface area (Å²) in [5, 5.41) is 3.77. The van der Waals surface area contributed by atoms with Crippen molar-refractivity contribution >= 4 is 50.3 Å². The van der Waals surface area contributed by atoms with Crippen LogP contribution >= 0.6 is 23.4 Å². The molecule has 1 heterocycles. The molecule has 0 radical (unpaired) electrons. The minimum Gasteiger partial charge on any atom is -0.229 e. The van der Waals surface area contributed by atoms with Gasteiger partial charge in [0.1, 0.15) is 10.2 Å². The first-order chi connectivity index (χ1) is 16.2. The Bertz CT molecular complexity index is 1410. The molecule has 0 amide bonds. The summed E-state index contributed by atoms with van der Waals surface area (Å²) < 4.78 is 0. The Labute approximate surface area is 204 Å². The zero-order valence-electron chi connectivity index (χ0n) is 18.5. The Balaban J connectivity index is 1.64. The van der Waals surface area contributed by atoms with E-state index in [-0.39, 0.29) is 0 Å². The lowest BCUT2D eigenvalue weighted by Crippen LogP contribution is -1.97. The molecule has 1 aliphatic heterocycles. The first kappa shape index (κ1) is 21.8. The molecule has 0 saturated heterocycles. The van der Waals surface area contributed by atoms with Crippen molar-refractivity contribution in [3.8, 4) is 11.1 Å². The van der Waals surface area contributed by atoms with Crippen molar-refractivity contribution in [1.82, 2.24) is 0 Å². The summed E-state index contributed by atoms with van der Waals surface area (Å²) in [5.74, 6) is 0.